The molecule has 0 unspecified atom stereocenters. The van der Waals surface area contributed by atoms with E-state index in [1.165, 1.54) is 6.08 Å². The van der Waals surface area contributed by atoms with Crippen LogP contribution in [0.15, 0.2) is 84.6 Å². The van der Waals surface area contributed by atoms with Crippen LogP contribution in [0.4, 0.5) is 4.79 Å². The fourth-order valence-electron chi connectivity index (χ4n) is 2.68. The van der Waals surface area contributed by atoms with Crippen LogP contribution in [0.5, 0.6) is 11.5 Å². The Balaban J connectivity index is 1.98. The molecule has 2 amide bonds. The average molecular weight is 487 g/mol. The van der Waals surface area contributed by atoms with E-state index in [1.807, 2.05) is 0 Å². The van der Waals surface area contributed by atoms with Crippen LogP contribution in [0.3, 0.4) is 0 Å². The lowest BCUT2D eigenvalue weighted by Gasteiger charge is -2.30. The molecule has 34 heavy (non-hydrogen) atoms. The smallest absolute Gasteiger partial charge is 0.454 e. The van der Waals surface area contributed by atoms with Crippen molar-refractivity contribution in [2.24, 2.45) is 0 Å². The van der Waals surface area contributed by atoms with E-state index < -0.39 is 31.3 Å². The second-order valence-electron chi connectivity index (χ2n) is 8.02. The summed E-state index contributed by atoms with van der Waals surface area (Å²) in [4.78, 5) is 26.5. The van der Waals surface area contributed by atoms with Crippen LogP contribution >= 0.6 is 7.82 Å². The van der Waals surface area contributed by atoms with E-state index in [9.17, 15) is 14.2 Å². The molecule has 0 aliphatic carbocycles. The summed E-state index contributed by atoms with van der Waals surface area (Å²) < 4.78 is 41.1. The van der Waals surface area contributed by atoms with Gasteiger partial charge >= 0.3 is 19.8 Å². The van der Waals surface area contributed by atoms with Gasteiger partial charge in [0.2, 0.25) is 0 Å². The largest absolute Gasteiger partial charge is 0.648 e. The molecule has 10 heteroatoms. The first-order chi connectivity index (χ1) is 16.1. The minimum absolute atomic E-state index is 0.108. The van der Waals surface area contributed by atoms with Crippen LogP contribution in [0.25, 0.3) is 0 Å². The molecule has 1 aliphatic heterocycles. The third-order valence-corrected chi connectivity index (χ3v) is 5.29. The third-order valence-electron chi connectivity index (χ3n) is 4.01. The predicted molar refractivity (Wildman–Crippen MR) is 123 cm³/mol. The molecule has 2 aromatic rings. The van der Waals surface area contributed by atoms with E-state index in [0.717, 1.165) is 6.26 Å². The van der Waals surface area contributed by atoms with Crippen LogP contribution in [0.2, 0.25) is 0 Å². The van der Waals surface area contributed by atoms with Gasteiger partial charge in [0, 0.05) is 0 Å². The summed E-state index contributed by atoms with van der Waals surface area (Å²) in [6.07, 6.45) is 1.90. The number of amides is 2. The second kappa shape index (κ2) is 10.5. The Labute approximate surface area is 198 Å². The van der Waals surface area contributed by atoms with Crippen molar-refractivity contribution >= 4 is 19.8 Å². The van der Waals surface area contributed by atoms with Crippen molar-refractivity contribution in [3.05, 3.63) is 84.6 Å². The zero-order valence-corrected chi connectivity index (χ0v) is 20.2. The van der Waals surface area contributed by atoms with Crippen LogP contribution in [0.1, 0.15) is 34.1 Å². The van der Waals surface area contributed by atoms with Crippen LogP contribution in [0, 0.1) is 0 Å². The number of benzene rings is 2. The first-order valence-electron chi connectivity index (χ1n) is 10.5. The Hall–Kier alpha value is -3.71. The maximum atomic E-state index is 13.7. The Morgan fingerprint density at radius 2 is 1.50 bits per heavy atom. The molecule has 0 radical (unpaired) electrons. The Kier molecular flexibility index (Phi) is 7.68. The van der Waals surface area contributed by atoms with E-state index in [4.69, 9.17) is 23.0 Å². The first kappa shape index (κ1) is 24.9. The second-order valence-corrected chi connectivity index (χ2v) is 9.46. The number of allylic oxidation sites excluding steroid dienone is 1. The zero-order chi connectivity index (χ0) is 24.8. The topological polar surface area (TPSA) is 101 Å². The van der Waals surface area contributed by atoms with Crippen LogP contribution in [-0.2, 0) is 23.4 Å². The van der Waals surface area contributed by atoms with Crippen molar-refractivity contribution in [2.45, 2.75) is 39.7 Å². The molecule has 9 nitrogen and oxygen atoms in total. The van der Waals surface area contributed by atoms with Gasteiger partial charge in [0.05, 0.1) is 0 Å². The molecule has 0 saturated carbocycles. The highest BCUT2D eigenvalue weighted by atomic mass is 31.2. The molecule has 0 fully saturated rings. The molecule has 0 N–H and O–H groups in total. The lowest BCUT2D eigenvalue weighted by atomic mass is 10.2. The summed E-state index contributed by atoms with van der Waals surface area (Å²) in [6, 6.07) is 16.4. The van der Waals surface area contributed by atoms with Gasteiger partial charge in [-0.1, -0.05) is 43.3 Å². The standard InChI is InChI=1S/C24H26NO8P/c1-5-12-20-22(26)25(23(27)30-24(2,3)4)21(17-29-20)33-34(28,31-18-13-8-6-9-14-18)32-19-15-10-7-11-16-19/h6-17H,5H2,1-4H3/b20-12-. The first-order valence-corrected chi connectivity index (χ1v) is 12.0. The molecule has 0 bridgehead atoms. The number of phosphoric ester groups is 1. The summed E-state index contributed by atoms with van der Waals surface area (Å²) >= 11 is 0. The fraction of sp³-hybridized carbons (Fsp3) is 0.250. The monoisotopic (exact) mass is 487 g/mol. The number of ether oxygens (including phenoxy) is 2. The third kappa shape index (κ3) is 6.65. The molecule has 0 saturated heterocycles. The van der Waals surface area contributed by atoms with Crippen molar-refractivity contribution < 1.29 is 37.2 Å². The number of rotatable bonds is 7. The number of nitrogens with zero attached hydrogens (tertiary/aromatic N) is 1. The molecule has 0 atom stereocenters. The van der Waals surface area contributed by atoms with Gasteiger partial charge in [-0.05, 0) is 57.5 Å². The quantitative estimate of drug-likeness (QED) is 0.338. The summed E-state index contributed by atoms with van der Waals surface area (Å²) in [5.41, 5.74) is -0.916. The van der Waals surface area contributed by atoms with Gasteiger partial charge in [-0.3, -0.25) is 4.79 Å². The van der Waals surface area contributed by atoms with E-state index in [0.29, 0.717) is 11.3 Å². The fourth-order valence-corrected chi connectivity index (χ4v) is 3.91. The maximum absolute atomic E-state index is 13.7. The van der Waals surface area contributed by atoms with E-state index >= 15 is 0 Å². The van der Waals surface area contributed by atoms with Crippen LogP contribution in [-0.4, -0.2) is 22.5 Å². The molecule has 3 rings (SSSR count). The van der Waals surface area contributed by atoms with E-state index in [2.05, 4.69) is 0 Å². The van der Waals surface area contributed by atoms with Gasteiger partial charge in [-0.25, -0.2) is 4.79 Å². The maximum Gasteiger partial charge on any atom is 0.648 e. The van der Waals surface area contributed by atoms with Crippen molar-refractivity contribution in [3.8, 4) is 11.5 Å². The number of para-hydroxylation sites is 2. The highest BCUT2D eigenvalue weighted by molar-refractivity contribution is 7.49. The van der Waals surface area contributed by atoms with Gasteiger partial charge in [0.15, 0.2) is 12.0 Å². The molecule has 180 valence electrons. The minimum atomic E-state index is -4.49. The predicted octanol–water partition coefficient (Wildman–Crippen LogP) is 6.16. The van der Waals surface area contributed by atoms with Gasteiger partial charge < -0.3 is 23.0 Å². The number of hydrogen-bond donors (Lipinski definition) is 0. The van der Waals surface area contributed by atoms with Gasteiger partial charge in [0.25, 0.3) is 5.88 Å². The van der Waals surface area contributed by atoms with Gasteiger partial charge in [0.1, 0.15) is 17.1 Å². The summed E-state index contributed by atoms with van der Waals surface area (Å²) in [5.74, 6) is -1.10. The summed E-state index contributed by atoms with van der Waals surface area (Å²) in [7, 11) is -4.49. The zero-order valence-electron chi connectivity index (χ0n) is 19.3. The molecule has 0 spiro atoms. The Morgan fingerprint density at radius 1 is 0.971 bits per heavy atom. The lowest BCUT2D eigenvalue weighted by Crippen LogP contribution is -2.43. The van der Waals surface area contributed by atoms with Crippen molar-refractivity contribution in [2.75, 3.05) is 0 Å². The number of hydrogen-bond acceptors (Lipinski definition) is 8. The molecule has 1 heterocycles. The number of carbonyl (C=O) groups excluding carboxylic acids is 2. The average Bonchev–Trinajstić information content (AvgIpc) is 2.75. The molecular weight excluding hydrogens is 461 g/mol. The molecular formula is C24H26NO8P. The Morgan fingerprint density at radius 3 is 1.97 bits per heavy atom. The van der Waals surface area contributed by atoms with Crippen molar-refractivity contribution in [3.63, 3.8) is 0 Å². The lowest BCUT2D eigenvalue weighted by molar-refractivity contribution is -0.130. The SMILES string of the molecule is CC/C=C1\OC=C(OP(=O)(Oc2ccccc2)Oc2ccccc2)N(C(=O)OC(C)(C)C)C1=O. The number of carbonyl (C=O) groups is 2. The Bertz CT molecular complexity index is 1080. The van der Waals surface area contributed by atoms with Crippen molar-refractivity contribution in [1.82, 2.24) is 4.90 Å². The highest BCUT2D eigenvalue weighted by Crippen LogP contribution is 2.52. The van der Waals surface area contributed by atoms with Crippen molar-refractivity contribution in [1.29, 1.82) is 0 Å². The van der Waals surface area contributed by atoms with Gasteiger partial charge in [-0.15, -0.1) is 0 Å². The highest BCUT2D eigenvalue weighted by Gasteiger charge is 2.43. The van der Waals surface area contributed by atoms with E-state index in [1.54, 1.807) is 88.4 Å². The normalized spacial score (nSPS) is 15.3. The number of phosphoric acid groups is 1. The van der Waals surface area contributed by atoms with Gasteiger partial charge in [-0.2, -0.15) is 9.46 Å². The van der Waals surface area contributed by atoms with E-state index in [-0.39, 0.29) is 17.3 Å². The molecule has 1 aliphatic rings. The summed E-state index contributed by atoms with van der Waals surface area (Å²) in [5, 5.41) is 0. The summed E-state index contributed by atoms with van der Waals surface area (Å²) in [6.45, 7) is 6.73. The number of imide groups is 1. The molecule has 2 aromatic carbocycles. The van der Waals surface area contributed by atoms with Crippen LogP contribution < -0.4 is 9.05 Å². The minimum Gasteiger partial charge on any atom is -0.454 e. The molecule has 0 aromatic heterocycles.